The number of hydrogen-bond acceptors (Lipinski definition) is 8. The minimum Gasteiger partial charge on any atom is -0.468 e. The fourth-order valence-corrected chi connectivity index (χ4v) is 4.17. The molecule has 1 fully saturated rings. The number of nitrogens with zero attached hydrogens (tertiary/aromatic N) is 1. The number of benzene rings is 1. The summed E-state index contributed by atoms with van der Waals surface area (Å²) in [7, 11) is 1.32. The number of furan rings is 1. The van der Waals surface area contributed by atoms with Crippen LogP contribution in [0, 0.1) is 0 Å². The Morgan fingerprint density at radius 2 is 2.07 bits per heavy atom. The highest BCUT2D eigenvalue weighted by molar-refractivity contribution is 8.00. The molecule has 1 aliphatic heterocycles. The lowest BCUT2D eigenvalue weighted by Crippen LogP contribution is -2.46. The van der Waals surface area contributed by atoms with Crippen molar-refractivity contribution in [1.82, 2.24) is 4.90 Å². The molecule has 29 heavy (non-hydrogen) atoms. The predicted octanol–water partition coefficient (Wildman–Crippen LogP) is 2.24. The van der Waals surface area contributed by atoms with E-state index in [0.717, 1.165) is 5.39 Å². The molecule has 1 aromatic carbocycles. The fourth-order valence-electron chi connectivity index (χ4n) is 3.05. The SMILES string of the molecule is CCOCc1c(C(=O)OCC(=O)N2CCS[C@@H](C(=O)OC)C2)oc2ccccc12. The van der Waals surface area contributed by atoms with Gasteiger partial charge in [-0.25, -0.2) is 4.79 Å². The molecule has 8 nitrogen and oxygen atoms in total. The van der Waals surface area contributed by atoms with Gasteiger partial charge in [-0.3, -0.25) is 9.59 Å². The molecule has 2 heterocycles. The maximum Gasteiger partial charge on any atom is 0.375 e. The quantitative estimate of drug-likeness (QED) is 0.628. The van der Waals surface area contributed by atoms with E-state index in [1.807, 2.05) is 19.1 Å². The van der Waals surface area contributed by atoms with Gasteiger partial charge < -0.3 is 23.5 Å². The van der Waals surface area contributed by atoms with Crippen molar-refractivity contribution in [3.05, 3.63) is 35.6 Å². The highest BCUT2D eigenvalue weighted by Gasteiger charge is 2.30. The zero-order valence-electron chi connectivity index (χ0n) is 16.3. The summed E-state index contributed by atoms with van der Waals surface area (Å²) < 4.78 is 21.1. The standard InChI is InChI=1S/C20H23NO7S/c1-3-26-11-14-13-6-4-5-7-15(13)28-18(14)20(24)27-12-17(22)21-8-9-29-16(10-21)19(23)25-2/h4-7,16H,3,8-12H2,1-2H3/t16-/m1/s1. The summed E-state index contributed by atoms with van der Waals surface area (Å²) in [5, 5.41) is 0.342. The number of thioether (sulfide) groups is 1. The summed E-state index contributed by atoms with van der Waals surface area (Å²) in [6.07, 6.45) is 0. The highest BCUT2D eigenvalue weighted by atomic mass is 32.2. The van der Waals surface area contributed by atoms with Crippen LogP contribution in [0.15, 0.2) is 28.7 Å². The number of fused-ring (bicyclic) bond motifs is 1. The second-order valence-corrected chi connectivity index (χ2v) is 7.65. The normalized spacial score (nSPS) is 16.6. The van der Waals surface area contributed by atoms with Gasteiger partial charge in [0.25, 0.3) is 5.91 Å². The van der Waals surface area contributed by atoms with Gasteiger partial charge in [0.2, 0.25) is 5.76 Å². The molecule has 1 aliphatic rings. The third-order valence-electron chi connectivity index (χ3n) is 4.54. The molecule has 0 spiro atoms. The van der Waals surface area contributed by atoms with Crippen molar-refractivity contribution in [2.75, 3.05) is 39.2 Å². The first-order valence-electron chi connectivity index (χ1n) is 9.27. The van der Waals surface area contributed by atoms with Gasteiger partial charge in [0.15, 0.2) is 6.61 Å². The Kier molecular flexibility index (Phi) is 7.16. The molecule has 0 aliphatic carbocycles. The van der Waals surface area contributed by atoms with Crippen LogP contribution in [0.3, 0.4) is 0 Å². The lowest BCUT2D eigenvalue weighted by Gasteiger charge is -2.30. The maximum atomic E-state index is 12.6. The number of esters is 2. The maximum absolute atomic E-state index is 12.6. The van der Waals surface area contributed by atoms with Crippen molar-refractivity contribution >= 4 is 40.6 Å². The number of carbonyl (C=O) groups excluding carboxylic acids is 3. The molecule has 0 N–H and O–H groups in total. The zero-order valence-corrected chi connectivity index (χ0v) is 17.2. The van der Waals surface area contributed by atoms with Crippen LogP contribution < -0.4 is 0 Å². The van der Waals surface area contributed by atoms with Crippen LogP contribution in [0.4, 0.5) is 0 Å². The number of hydrogen-bond donors (Lipinski definition) is 0. The van der Waals surface area contributed by atoms with Crippen LogP contribution in [0.25, 0.3) is 11.0 Å². The van der Waals surface area contributed by atoms with E-state index >= 15 is 0 Å². The molecule has 3 rings (SSSR count). The van der Waals surface area contributed by atoms with Gasteiger partial charge in [-0.2, -0.15) is 0 Å². The first-order valence-corrected chi connectivity index (χ1v) is 10.3. The summed E-state index contributed by atoms with van der Waals surface area (Å²) in [6.45, 7) is 2.83. The van der Waals surface area contributed by atoms with Gasteiger partial charge in [0.1, 0.15) is 10.8 Å². The van der Waals surface area contributed by atoms with E-state index in [1.165, 1.54) is 23.8 Å². The Bertz CT molecular complexity index is 894. The van der Waals surface area contributed by atoms with Crippen LogP contribution in [-0.2, 0) is 30.4 Å². The van der Waals surface area contributed by atoms with Crippen molar-refractivity contribution < 1.29 is 33.0 Å². The number of methoxy groups -OCH3 is 1. The highest BCUT2D eigenvalue weighted by Crippen LogP contribution is 2.27. The Labute approximate surface area is 172 Å². The molecule has 0 saturated carbocycles. The van der Waals surface area contributed by atoms with E-state index in [2.05, 4.69) is 0 Å². The van der Waals surface area contributed by atoms with E-state index < -0.39 is 17.8 Å². The largest absolute Gasteiger partial charge is 0.468 e. The van der Waals surface area contributed by atoms with Crippen LogP contribution >= 0.6 is 11.8 Å². The van der Waals surface area contributed by atoms with Crippen molar-refractivity contribution in [1.29, 1.82) is 0 Å². The van der Waals surface area contributed by atoms with Crippen molar-refractivity contribution in [3.8, 4) is 0 Å². The van der Waals surface area contributed by atoms with Gasteiger partial charge >= 0.3 is 11.9 Å². The third-order valence-corrected chi connectivity index (χ3v) is 5.71. The summed E-state index contributed by atoms with van der Waals surface area (Å²) in [6, 6.07) is 7.25. The summed E-state index contributed by atoms with van der Waals surface area (Å²) in [5.74, 6) is -0.807. The van der Waals surface area contributed by atoms with Crippen LogP contribution in [0.5, 0.6) is 0 Å². The van der Waals surface area contributed by atoms with Crippen molar-refractivity contribution in [2.24, 2.45) is 0 Å². The average Bonchev–Trinajstić information content (AvgIpc) is 3.13. The molecule has 2 aromatic rings. The molecule has 0 radical (unpaired) electrons. The monoisotopic (exact) mass is 421 g/mol. The molecule has 156 valence electrons. The van der Waals surface area contributed by atoms with E-state index in [-0.39, 0.29) is 30.8 Å². The number of ether oxygens (including phenoxy) is 3. The van der Waals surface area contributed by atoms with Gasteiger partial charge in [-0.1, -0.05) is 18.2 Å². The van der Waals surface area contributed by atoms with Crippen LogP contribution in [-0.4, -0.2) is 67.2 Å². The van der Waals surface area contributed by atoms with Gasteiger partial charge in [0, 0.05) is 36.4 Å². The first kappa shape index (κ1) is 21.2. The van der Waals surface area contributed by atoms with Gasteiger partial charge in [-0.05, 0) is 13.0 Å². The number of amides is 1. The minimum absolute atomic E-state index is 0.0362. The Morgan fingerprint density at radius 1 is 1.28 bits per heavy atom. The van der Waals surface area contributed by atoms with Crippen molar-refractivity contribution in [2.45, 2.75) is 18.8 Å². The first-order chi connectivity index (χ1) is 14.0. The molecule has 1 amide bonds. The van der Waals surface area contributed by atoms with E-state index in [1.54, 1.807) is 12.1 Å². The Hall–Kier alpha value is -2.52. The van der Waals surface area contributed by atoms with E-state index in [0.29, 0.717) is 30.1 Å². The summed E-state index contributed by atoms with van der Waals surface area (Å²) in [4.78, 5) is 38.2. The molecule has 0 unspecified atom stereocenters. The lowest BCUT2D eigenvalue weighted by molar-refractivity contribution is -0.141. The molecular weight excluding hydrogens is 398 g/mol. The molecule has 1 saturated heterocycles. The van der Waals surface area contributed by atoms with Crippen molar-refractivity contribution in [3.63, 3.8) is 0 Å². The predicted molar refractivity (Wildman–Crippen MR) is 107 cm³/mol. The third kappa shape index (κ3) is 4.91. The second kappa shape index (κ2) is 9.80. The average molecular weight is 421 g/mol. The molecule has 9 heteroatoms. The topological polar surface area (TPSA) is 95.3 Å². The summed E-state index contributed by atoms with van der Waals surface area (Å²) in [5.41, 5.74) is 1.15. The zero-order chi connectivity index (χ0) is 20.8. The Morgan fingerprint density at radius 3 is 2.83 bits per heavy atom. The number of para-hydroxylation sites is 1. The van der Waals surface area contributed by atoms with E-state index in [4.69, 9.17) is 18.6 Å². The van der Waals surface area contributed by atoms with Crippen LogP contribution in [0.2, 0.25) is 0 Å². The fraction of sp³-hybridized carbons (Fsp3) is 0.450. The summed E-state index contributed by atoms with van der Waals surface area (Å²) >= 11 is 1.45. The molecular formula is C20H23NO7S. The molecule has 1 atom stereocenters. The Balaban J connectivity index is 1.66. The second-order valence-electron chi connectivity index (χ2n) is 6.34. The number of rotatable bonds is 7. The van der Waals surface area contributed by atoms with Gasteiger partial charge in [-0.15, -0.1) is 11.8 Å². The lowest BCUT2D eigenvalue weighted by atomic mass is 10.1. The minimum atomic E-state index is -0.722. The number of carbonyl (C=O) groups is 3. The molecule has 1 aromatic heterocycles. The van der Waals surface area contributed by atoms with E-state index in [9.17, 15) is 14.4 Å². The van der Waals surface area contributed by atoms with Crippen LogP contribution in [0.1, 0.15) is 23.0 Å². The van der Waals surface area contributed by atoms with Gasteiger partial charge in [0.05, 0.1) is 13.7 Å². The molecule has 0 bridgehead atoms. The smallest absolute Gasteiger partial charge is 0.375 e.